The fourth-order valence-electron chi connectivity index (χ4n) is 1.32. The standard InChI is InChI=1S/C11H17NO2/c1-7-4-10(12-6-9(3)13)5-8(2)11(7)14/h4-5,9,12-14H,6H2,1-3H3. The molecule has 1 rings (SSSR count). The van der Waals surface area contributed by atoms with Gasteiger partial charge in [-0.25, -0.2) is 0 Å². The summed E-state index contributed by atoms with van der Waals surface area (Å²) < 4.78 is 0. The first-order valence-electron chi connectivity index (χ1n) is 4.73. The van der Waals surface area contributed by atoms with E-state index >= 15 is 0 Å². The number of nitrogens with one attached hydrogen (secondary N) is 1. The third-order valence-electron chi connectivity index (χ3n) is 2.09. The van der Waals surface area contributed by atoms with Crippen LogP contribution in [0.15, 0.2) is 12.1 Å². The van der Waals surface area contributed by atoms with E-state index in [2.05, 4.69) is 5.32 Å². The summed E-state index contributed by atoms with van der Waals surface area (Å²) in [5.41, 5.74) is 2.62. The van der Waals surface area contributed by atoms with E-state index in [0.717, 1.165) is 16.8 Å². The number of rotatable bonds is 3. The van der Waals surface area contributed by atoms with Crippen molar-refractivity contribution in [2.24, 2.45) is 0 Å². The second-order valence-electron chi connectivity index (χ2n) is 3.69. The van der Waals surface area contributed by atoms with Gasteiger partial charge in [-0.05, 0) is 44.0 Å². The number of aromatic hydroxyl groups is 1. The molecule has 0 aromatic heterocycles. The topological polar surface area (TPSA) is 52.5 Å². The monoisotopic (exact) mass is 195 g/mol. The fraction of sp³-hybridized carbons (Fsp3) is 0.455. The molecule has 0 spiro atoms. The molecule has 14 heavy (non-hydrogen) atoms. The molecule has 0 aliphatic rings. The molecule has 1 unspecified atom stereocenters. The highest BCUT2D eigenvalue weighted by Crippen LogP contribution is 2.25. The minimum Gasteiger partial charge on any atom is -0.507 e. The van der Waals surface area contributed by atoms with Crippen molar-refractivity contribution in [3.05, 3.63) is 23.3 Å². The van der Waals surface area contributed by atoms with E-state index in [9.17, 15) is 5.11 Å². The highest BCUT2D eigenvalue weighted by Gasteiger charge is 2.03. The van der Waals surface area contributed by atoms with Gasteiger partial charge in [0.15, 0.2) is 0 Å². The Labute approximate surface area is 84.4 Å². The summed E-state index contributed by atoms with van der Waals surface area (Å²) >= 11 is 0. The summed E-state index contributed by atoms with van der Waals surface area (Å²) in [4.78, 5) is 0. The molecular formula is C11H17NO2. The molecule has 0 bridgehead atoms. The van der Waals surface area contributed by atoms with Crippen LogP contribution in [0.3, 0.4) is 0 Å². The zero-order valence-corrected chi connectivity index (χ0v) is 8.83. The lowest BCUT2D eigenvalue weighted by Crippen LogP contribution is -2.15. The first kappa shape index (κ1) is 10.9. The minimum atomic E-state index is -0.371. The van der Waals surface area contributed by atoms with Crippen LogP contribution in [0.5, 0.6) is 5.75 Å². The maximum Gasteiger partial charge on any atom is 0.121 e. The van der Waals surface area contributed by atoms with Crippen LogP contribution in [-0.2, 0) is 0 Å². The van der Waals surface area contributed by atoms with Gasteiger partial charge >= 0.3 is 0 Å². The molecule has 0 saturated heterocycles. The molecule has 1 aromatic carbocycles. The van der Waals surface area contributed by atoms with Gasteiger partial charge in [-0.1, -0.05) is 0 Å². The normalized spacial score (nSPS) is 12.6. The third-order valence-corrected chi connectivity index (χ3v) is 2.09. The van der Waals surface area contributed by atoms with Crippen LogP contribution in [0.4, 0.5) is 5.69 Å². The number of benzene rings is 1. The smallest absolute Gasteiger partial charge is 0.121 e. The summed E-state index contributed by atoms with van der Waals surface area (Å²) in [6.07, 6.45) is -0.371. The average Bonchev–Trinajstić information content (AvgIpc) is 2.10. The number of aliphatic hydroxyl groups excluding tert-OH is 1. The summed E-state index contributed by atoms with van der Waals surface area (Å²) in [6.45, 7) is 5.96. The first-order chi connectivity index (χ1) is 6.50. The number of aryl methyl sites for hydroxylation is 2. The minimum absolute atomic E-state index is 0.340. The van der Waals surface area contributed by atoms with Crippen LogP contribution in [0.25, 0.3) is 0 Å². The fourth-order valence-corrected chi connectivity index (χ4v) is 1.32. The van der Waals surface area contributed by atoms with Gasteiger partial charge in [0.05, 0.1) is 6.10 Å². The summed E-state index contributed by atoms with van der Waals surface area (Å²) in [5.74, 6) is 0.340. The van der Waals surface area contributed by atoms with Gasteiger partial charge in [0.1, 0.15) is 5.75 Å². The molecule has 3 heteroatoms. The van der Waals surface area contributed by atoms with Crippen LogP contribution in [0.2, 0.25) is 0 Å². The van der Waals surface area contributed by atoms with Crippen LogP contribution in [0.1, 0.15) is 18.1 Å². The summed E-state index contributed by atoms with van der Waals surface area (Å²) in [6, 6.07) is 3.73. The lowest BCUT2D eigenvalue weighted by atomic mass is 10.1. The second-order valence-corrected chi connectivity index (χ2v) is 3.69. The van der Waals surface area contributed by atoms with E-state index in [4.69, 9.17) is 5.11 Å². The lowest BCUT2D eigenvalue weighted by molar-refractivity contribution is 0.208. The molecule has 0 amide bonds. The van der Waals surface area contributed by atoms with E-state index in [0.29, 0.717) is 12.3 Å². The van der Waals surface area contributed by atoms with E-state index in [-0.39, 0.29) is 6.10 Å². The highest BCUT2D eigenvalue weighted by atomic mass is 16.3. The molecule has 0 heterocycles. The van der Waals surface area contributed by atoms with Crippen LogP contribution in [0, 0.1) is 13.8 Å². The molecule has 1 atom stereocenters. The van der Waals surface area contributed by atoms with Crippen molar-refractivity contribution < 1.29 is 10.2 Å². The number of phenolic OH excluding ortho intramolecular Hbond substituents is 1. The largest absolute Gasteiger partial charge is 0.507 e. The summed E-state index contributed by atoms with van der Waals surface area (Å²) in [5, 5.41) is 21.7. The number of hydrogen-bond acceptors (Lipinski definition) is 3. The molecule has 3 N–H and O–H groups in total. The van der Waals surface area contributed by atoms with E-state index < -0.39 is 0 Å². The SMILES string of the molecule is Cc1cc(NCC(C)O)cc(C)c1O. The number of anilines is 1. The Bertz CT molecular complexity index is 298. The molecule has 0 saturated carbocycles. The van der Waals surface area contributed by atoms with Crippen LogP contribution < -0.4 is 5.32 Å². The molecule has 0 radical (unpaired) electrons. The van der Waals surface area contributed by atoms with Gasteiger partial charge in [0.25, 0.3) is 0 Å². The summed E-state index contributed by atoms with van der Waals surface area (Å²) in [7, 11) is 0. The van der Waals surface area contributed by atoms with Crippen molar-refractivity contribution >= 4 is 5.69 Å². The zero-order valence-electron chi connectivity index (χ0n) is 8.83. The van der Waals surface area contributed by atoms with E-state index in [1.54, 1.807) is 6.92 Å². The molecule has 0 aliphatic heterocycles. The Morgan fingerprint density at radius 1 is 1.29 bits per heavy atom. The van der Waals surface area contributed by atoms with Gasteiger partial charge in [0, 0.05) is 12.2 Å². The average molecular weight is 195 g/mol. The van der Waals surface area contributed by atoms with Crippen molar-refractivity contribution in [1.29, 1.82) is 0 Å². The Morgan fingerprint density at radius 2 is 1.79 bits per heavy atom. The van der Waals surface area contributed by atoms with E-state index in [1.807, 2.05) is 26.0 Å². The van der Waals surface area contributed by atoms with Gasteiger partial charge in [0.2, 0.25) is 0 Å². The van der Waals surface area contributed by atoms with Gasteiger partial charge in [-0.3, -0.25) is 0 Å². The third kappa shape index (κ3) is 2.64. The molecular weight excluding hydrogens is 178 g/mol. The van der Waals surface area contributed by atoms with Gasteiger partial charge in [-0.2, -0.15) is 0 Å². The predicted octanol–water partition coefficient (Wildman–Crippen LogP) is 1.80. The highest BCUT2D eigenvalue weighted by molar-refractivity contribution is 5.54. The molecule has 78 valence electrons. The quantitative estimate of drug-likeness (QED) is 0.645. The molecule has 1 aromatic rings. The lowest BCUT2D eigenvalue weighted by Gasteiger charge is -2.11. The van der Waals surface area contributed by atoms with Crippen molar-refractivity contribution in [3.63, 3.8) is 0 Å². The van der Waals surface area contributed by atoms with Crippen molar-refractivity contribution in [3.8, 4) is 5.75 Å². The first-order valence-corrected chi connectivity index (χ1v) is 4.73. The van der Waals surface area contributed by atoms with Crippen LogP contribution in [-0.4, -0.2) is 22.9 Å². The molecule has 0 fully saturated rings. The molecule has 0 aliphatic carbocycles. The number of aliphatic hydroxyl groups is 1. The van der Waals surface area contributed by atoms with Crippen molar-refractivity contribution in [2.75, 3.05) is 11.9 Å². The second kappa shape index (κ2) is 4.33. The van der Waals surface area contributed by atoms with Crippen molar-refractivity contribution in [2.45, 2.75) is 26.9 Å². The van der Waals surface area contributed by atoms with Crippen LogP contribution >= 0.6 is 0 Å². The maximum absolute atomic E-state index is 9.53. The number of phenols is 1. The van der Waals surface area contributed by atoms with Gasteiger partial charge in [-0.15, -0.1) is 0 Å². The predicted molar refractivity (Wildman–Crippen MR) is 57.8 cm³/mol. The Balaban J connectivity index is 2.79. The van der Waals surface area contributed by atoms with Gasteiger partial charge < -0.3 is 15.5 Å². The molecule has 3 nitrogen and oxygen atoms in total. The van der Waals surface area contributed by atoms with E-state index in [1.165, 1.54) is 0 Å². The Hall–Kier alpha value is -1.22. The zero-order chi connectivity index (χ0) is 10.7. The Morgan fingerprint density at radius 3 is 2.21 bits per heavy atom. The maximum atomic E-state index is 9.53. The van der Waals surface area contributed by atoms with Crippen molar-refractivity contribution in [1.82, 2.24) is 0 Å². The number of hydrogen-bond donors (Lipinski definition) is 3. The Kier molecular flexibility index (Phi) is 3.36.